The van der Waals surface area contributed by atoms with Crippen LogP contribution in [0.2, 0.25) is 5.28 Å². The summed E-state index contributed by atoms with van der Waals surface area (Å²) < 4.78 is 45.6. The first-order valence-electron chi connectivity index (χ1n) is 8.21. The van der Waals surface area contributed by atoms with Gasteiger partial charge in [0.1, 0.15) is 0 Å². The molecule has 26 heavy (non-hydrogen) atoms. The van der Waals surface area contributed by atoms with Crippen molar-refractivity contribution in [1.82, 2.24) is 19.5 Å². The van der Waals surface area contributed by atoms with E-state index in [-0.39, 0.29) is 5.28 Å². The third kappa shape index (κ3) is 4.20. The van der Waals surface area contributed by atoms with Gasteiger partial charge in [0.25, 0.3) is 0 Å². The number of rotatable bonds is 4. The Hall–Kier alpha value is -2.03. The number of imidazole rings is 1. The maximum absolute atomic E-state index is 12.8. The van der Waals surface area contributed by atoms with E-state index in [0.29, 0.717) is 37.4 Å². The van der Waals surface area contributed by atoms with Crippen LogP contribution in [0, 0.1) is 12.8 Å². The molecule has 6 nitrogen and oxygen atoms in total. The summed E-state index contributed by atoms with van der Waals surface area (Å²) >= 11 is 5.78. The smallest absolute Gasteiger partial charge is 0.434 e. The van der Waals surface area contributed by atoms with Crippen molar-refractivity contribution in [3.8, 4) is 5.88 Å². The number of ether oxygens (including phenoxy) is 1. The van der Waals surface area contributed by atoms with Crippen molar-refractivity contribution in [2.45, 2.75) is 25.9 Å². The molecule has 1 saturated heterocycles. The fourth-order valence-electron chi connectivity index (χ4n) is 2.94. The fourth-order valence-corrected chi connectivity index (χ4v) is 3.06. The molecule has 0 atom stereocenters. The topological polar surface area (TPSA) is 56.1 Å². The Kier molecular flexibility index (Phi) is 5.27. The Balaban J connectivity index is 1.56. The second kappa shape index (κ2) is 7.30. The Bertz CT molecular complexity index is 772. The zero-order valence-corrected chi connectivity index (χ0v) is 15.2. The Morgan fingerprint density at radius 3 is 2.58 bits per heavy atom. The van der Waals surface area contributed by atoms with Crippen molar-refractivity contribution >= 4 is 17.5 Å². The van der Waals surface area contributed by atoms with E-state index in [1.54, 1.807) is 13.2 Å². The third-order valence-corrected chi connectivity index (χ3v) is 4.57. The number of hydrogen-bond donors (Lipinski definition) is 0. The van der Waals surface area contributed by atoms with Crippen LogP contribution >= 0.6 is 11.6 Å². The normalized spacial score (nSPS) is 16.2. The maximum atomic E-state index is 12.8. The summed E-state index contributed by atoms with van der Waals surface area (Å²) in [6.07, 6.45) is -0.213. The van der Waals surface area contributed by atoms with Crippen molar-refractivity contribution in [3.05, 3.63) is 28.9 Å². The van der Waals surface area contributed by atoms with E-state index in [0.717, 1.165) is 24.6 Å². The van der Waals surface area contributed by atoms with Gasteiger partial charge in [-0.15, -0.1) is 0 Å². The summed E-state index contributed by atoms with van der Waals surface area (Å²) in [4.78, 5) is 13.6. The Morgan fingerprint density at radius 2 is 1.96 bits per heavy atom. The molecule has 0 aromatic carbocycles. The van der Waals surface area contributed by atoms with E-state index < -0.39 is 11.9 Å². The fraction of sp³-hybridized carbons (Fsp3) is 0.562. The van der Waals surface area contributed by atoms with Gasteiger partial charge in [-0.2, -0.15) is 18.2 Å². The first-order chi connectivity index (χ1) is 12.2. The average molecular weight is 390 g/mol. The molecular weight excluding hydrogens is 371 g/mol. The Morgan fingerprint density at radius 1 is 1.27 bits per heavy atom. The number of halogens is 4. The van der Waals surface area contributed by atoms with Gasteiger partial charge in [-0.05, 0) is 37.3 Å². The van der Waals surface area contributed by atoms with Gasteiger partial charge in [-0.25, -0.2) is 9.97 Å². The minimum Gasteiger partial charge on any atom is -0.477 e. The van der Waals surface area contributed by atoms with E-state index in [1.165, 1.54) is 4.57 Å². The van der Waals surface area contributed by atoms with Crippen LogP contribution in [0.25, 0.3) is 0 Å². The molecule has 1 aliphatic heterocycles. The highest BCUT2D eigenvalue weighted by atomic mass is 35.5. The van der Waals surface area contributed by atoms with E-state index in [1.807, 2.05) is 11.8 Å². The summed E-state index contributed by atoms with van der Waals surface area (Å²) in [6.45, 7) is 3.57. The van der Waals surface area contributed by atoms with E-state index in [9.17, 15) is 13.2 Å². The second-order valence-electron chi connectivity index (χ2n) is 6.40. The van der Waals surface area contributed by atoms with Crippen LogP contribution in [0.1, 0.15) is 24.1 Å². The largest absolute Gasteiger partial charge is 0.477 e. The lowest BCUT2D eigenvalue weighted by molar-refractivity contribution is -0.140. The summed E-state index contributed by atoms with van der Waals surface area (Å²) in [5.74, 6) is 1.10. The zero-order valence-electron chi connectivity index (χ0n) is 14.4. The first kappa shape index (κ1) is 18.8. The van der Waals surface area contributed by atoms with Crippen LogP contribution in [0.3, 0.4) is 0 Å². The standard InChI is InChI=1S/C16H19ClF3N5O/c1-10-7-21-14(17)23-13(10)26-9-11-3-5-25(6-4-11)15-22-12(8-24(15)2)16(18,19)20/h7-8,11H,3-6,9H2,1-2H3. The molecule has 3 rings (SSSR count). The molecule has 142 valence electrons. The van der Waals surface area contributed by atoms with Crippen LogP contribution in [-0.4, -0.2) is 39.2 Å². The van der Waals surface area contributed by atoms with Gasteiger partial charge in [-0.1, -0.05) is 0 Å². The van der Waals surface area contributed by atoms with Crippen LogP contribution in [-0.2, 0) is 13.2 Å². The van der Waals surface area contributed by atoms with Crippen LogP contribution < -0.4 is 9.64 Å². The molecule has 10 heteroatoms. The summed E-state index contributed by atoms with van der Waals surface area (Å²) in [5.41, 5.74) is -0.0592. The number of aromatic nitrogens is 4. The number of hydrogen-bond acceptors (Lipinski definition) is 5. The molecule has 2 aromatic rings. The second-order valence-corrected chi connectivity index (χ2v) is 6.74. The number of alkyl halides is 3. The molecule has 1 aliphatic rings. The Labute approximate surface area is 154 Å². The number of piperidine rings is 1. The monoisotopic (exact) mass is 389 g/mol. The van der Waals surface area contributed by atoms with Gasteiger partial charge in [0, 0.05) is 38.1 Å². The van der Waals surface area contributed by atoms with Crippen molar-refractivity contribution in [2.24, 2.45) is 13.0 Å². The minimum atomic E-state index is -4.43. The zero-order chi connectivity index (χ0) is 18.9. The molecular formula is C16H19ClF3N5O. The average Bonchev–Trinajstić information content (AvgIpc) is 2.98. The van der Waals surface area contributed by atoms with Crippen molar-refractivity contribution in [1.29, 1.82) is 0 Å². The van der Waals surface area contributed by atoms with Gasteiger partial charge >= 0.3 is 6.18 Å². The van der Waals surface area contributed by atoms with E-state index >= 15 is 0 Å². The minimum absolute atomic E-state index is 0.135. The van der Waals surface area contributed by atoms with Gasteiger partial charge in [-0.3, -0.25) is 0 Å². The molecule has 1 fully saturated rings. The van der Waals surface area contributed by atoms with Crippen LogP contribution in [0.15, 0.2) is 12.4 Å². The van der Waals surface area contributed by atoms with Gasteiger partial charge in [0.2, 0.25) is 17.1 Å². The molecule has 0 saturated carbocycles. The highest BCUT2D eigenvalue weighted by Crippen LogP contribution is 2.31. The van der Waals surface area contributed by atoms with E-state index in [2.05, 4.69) is 15.0 Å². The molecule has 0 spiro atoms. The number of anilines is 1. The summed E-state index contributed by atoms with van der Waals surface area (Å²) in [5, 5.41) is 0.135. The molecule has 0 N–H and O–H groups in total. The lowest BCUT2D eigenvalue weighted by atomic mass is 9.98. The molecule has 3 heterocycles. The first-order valence-corrected chi connectivity index (χ1v) is 8.59. The maximum Gasteiger partial charge on any atom is 0.434 e. The van der Waals surface area contributed by atoms with Crippen LogP contribution in [0.4, 0.5) is 19.1 Å². The molecule has 2 aromatic heterocycles. The third-order valence-electron chi connectivity index (χ3n) is 4.39. The van der Waals surface area contributed by atoms with Gasteiger partial charge in [0.15, 0.2) is 5.69 Å². The number of nitrogens with zero attached hydrogens (tertiary/aromatic N) is 5. The highest BCUT2D eigenvalue weighted by molar-refractivity contribution is 6.28. The molecule has 0 aliphatic carbocycles. The molecule has 0 amide bonds. The predicted octanol–water partition coefficient (Wildman–Crippen LogP) is 3.49. The van der Waals surface area contributed by atoms with Crippen LogP contribution in [0.5, 0.6) is 5.88 Å². The van der Waals surface area contributed by atoms with E-state index in [4.69, 9.17) is 16.3 Å². The van der Waals surface area contributed by atoms with Crippen molar-refractivity contribution in [2.75, 3.05) is 24.6 Å². The lowest BCUT2D eigenvalue weighted by Gasteiger charge is -2.32. The number of aryl methyl sites for hydroxylation is 2. The van der Waals surface area contributed by atoms with Crippen molar-refractivity contribution in [3.63, 3.8) is 0 Å². The van der Waals surface area contributed by atoms with Gasteiger partial charge in [0.05, 0.1) is 6.61 Å². The quantitative estimate of drug-likeness (QED) is 0.749. The summed E-state index contributed by atoms with van der Waals surface area (Å²) in [6, 6.07) is 0. The predicted molar refractivity (Wildman–Crippen MR) is 90.4 cm³/mol. The molecule has 0 bridgehead atoms. The lowest BCUT2D eigenvalue weighted by Crippen LogP contribution is -2.37. The van der Waals surface area contributed by atoms with Crippen molar-refractivity contribution < 1.29 is 17.9 Å². The SMILES string of the molecule is Cc1cnc(Cl)nc1OCC1CCN(c2nc(C(F)(F)F)cn2C)CC1. The highest BCUT2D eigenvalue weighted by Gasteiger charge is 2.35. The molecule has 0 unspecified atom stereocenters. The summed E-state index contributed by atoms with van der Waals surface area (Å²) in [7, 11) is 1.58. The molecule has 0 radical (unpaired) electrons. The van der Waals surface area contributed by atoms with Gasteiger partial charge < -0.3 is 14.2 Å².